The van der Waals surface area contributed by atoms with Crippen molar-refractivity contribution in [1.29, 1.82) is 0 Å². The van der Waals surface area contributed by atoms with Crippen molar-refractivity contribution in [3.63, 3.8) is 0 Å². The second kappa shape index (κ2) is 7.49. The highest BCUT2D eigenvalue weighted by Gasteiger charge is 2.13. The van der Waals surface area contributed by atoms with E-state index in [-0.39, 0.29) is 0 Å². The van der Waals surface area contributed by atoms with Crippen LogP contribution in [-0.4, -0.2) is 41.6 Å². The van der Waals surface area contributed by atoms with Crippen LogP contribution in [0.5, 0.6) is 0 Å². The molecule has 0 aliphatic rings. The van der Waals surface area contributed by atoms with Gasteiger partial charge in [-0.05, 0) is 24.3 Å². The van der Waals surface area contributed by atoms with Crippen LogP contribution in [0.15, 0.2) is 35.5 Å². The maximum Gasteiger partial charge on any atom is 0.193 e. The van der Waals surface area contributed by atoms with Crippen LogP contribution >= 0.6 is 22.9 Å². The number of hydrogen-bond donors (Lipinski definition) is 3. The molecule has 7 heteroatoms. The van der Waals surface area contributed by atoms with Crippen LogP contribution in [0.2, 0.25) is 4.34 Å². The third-order valence-electron chi connectivity index (χ3n) is 3.02. The van der Waals surface area contributed by atoms with Gasteiger partial charge in [-0.1, -0.05) is 11.6 Å². The molecule has 0 spiro atoms. The fourth-order valence-electron chi connectivity index (χ4n) is 1.98. The van der Waals surface area contributed by atoms with E-state index >= 15 is 0 Å². The predicted molar refractivity (Wildman–Crippen MR) is 87.9 cm³/mol. The second-order valence-corrected chi connectivity index (χ2v) is 6.38. The van der Waals surface area contributed by atoms with Gasteiger partial charge in [0.2, 0.25) is 0 Å². The smallest absolute Gasteiger partial charge is 0.193 e. The first-order chi connectivity index (χ1) is 10.1. The van der Waals surface area contributed by atoms with Crippen molar-refractivity contribution in [2.24, 2.45) is 4.99 Å². The summed E-state index contributed by atoms with van der Waals surface area (Å²) in [5.74, 6) is 0.728. The van der Waals surface area contributed by atoms with Crippen molar-refractivity contribution < 1.29 is 5.11 Å². The third-order valence-corrected chi connectivity index (χ3v) is 4.35. The molecule has 0 amide bonds. The minimum atomic E-state index is -0.599. The highest BCUT2D eigenvalue weighted by Crippen LogP contribution is 2.26. The Balaban J connectivity index is 1.87. The summed E-state index contributed by atoms with van der Waals surface area (Å²) in [5, 5.41) is 13.3. The molecule has 1 atom stereocenters. The molecule has 0 saturated carbocycles. The van der Waals surface area contributed by atoms with Gasteiger partial charge in [-0.25, -0.2) is 0 Å². The molecule has 0 saturated heterocycles. The SMILES string of the molecule is CN=C(NCC(O)c1ccc(Cl)s1)N(C)Cc1ccc[nH]1. The summed E-state index contributed by atoms with van der Waals surface area (Å²) in [6.07, 6.45) is 1.29. The van der Waals surface area contributed by atoms with Crippen molar-refractivity contribution in [2.75, 3.05) is 20.6 Å². The summed E-state index contributed by atoms with van der Waals surface area (Å²) >= 11 is 7.26. The maximum absolute atomic E-state index is 10.1. The normalized spacial score (nSPS) is 13.2. The van der Waals surface area contributed by atoms with Crippen LogP contribution in [0.3, 0.4) is 0 Å². The number of nitrogens with one attached hydrogen (secondary N) is 2. The molecule has 0 aliphatic heterocycles. The van der Waals surface area contributed by atoms with Crippen molar-refractivity contribution in [3.8, 4) is 0 Å². The van der Waals surface area contributed by atoms with Crippen molar-refractivity contribution in [3.05, 3.63) is 45.4 Å². The first-order valence-electron chi connectivity index (χ1n) is 6.57. The van der Waals surface area contributed by atoms with E-state index in [0.717, 1.165) is 16.5 Å². The number of aliphatic imine (C=N–C) groups is 1. The number of aliphatic hydroxyl groups excluding tert-OH is 1. The highest BCUT2D eigenvalue weighted by atomic mass is 35.5. The Bertz CT molecular complexity index is 582. The molecule has 0 bridgehead atoms. The van der Waals surface area contributed by atoms with Crippen molar-refractivity contribution in [2.45, 2.75) is 12.6 Å². The molecular formula is C14H19ClN4OS. The van der Waals surface area contributed by atoms with Gasteiger partial charge in [-0.2, -0.15) is 0 Å². The van der Waals surface area contributed by atoms with E-state index in [4.69, 9.17) is 11.6 Å². The molecule has 0 aliphatic carbocycles. The molecule has 2 aromatic rings. The second-order valence-electron chi connectivity index (χ2n) is 4.64. The van der Waals surface area contributed by atoms with Gasteiger partial charge < -0.3 is 20.3 Å². The molecule has 3 N–H and O–H groups in total. The Morgan fingerprint density at radius 3 is 2.90 bits per heavy atom. The molecule has 0 fully saturated rings. The first-order valence-corrected chi connectivity index (χ1v) is 7.77. The zero-order chi connectivity index (χ0) is 15.2. The number of aromatic amines is 1. The molecule has 21 heavy (non-hydrogen) atoms. The average Bonchev–Trinajstić information content (AvgIpc) is 3.10. The Morgan fingerprint density at radius 2 is 2.33 bits per heavy atom. The Hall–Kier alpha value is -1.50. The maximum atomic E-state index is 10.1. The third kappa shape index (κ3) is 4.49. The number of H-pyrrole nitrogens is 1. The quantitative estimate of drug-likeness (QED) is 0.584. The minimum Gasteiger partial charge on any atom is -0.386 e. The number of rotatable bonds is 5. The summed E-state index contributed by atoms with van der Waals surface area (Å²) in [7, 11) is 3.67. The summed E-state index contributed by atoms with van der Waals surface area (Å²) in [4.78, 5) is 10.2. The van der Waals surface area contributed by atoms with E-state index in [2.05, 4.69) is 15.3 Å². The van der Waals surface area contributed by atoms with E-state index in [1.54, 1.807) is 13.1 Å². The molecule has 1 unspecified atom stereocenters. The minimum absolute atomic E-state index is 0.387. The van der Waals surface area contributed by atoms with Crippen LogP contribution < -0.4 is 5.32 Å². The largest absolute Gasteiger partial charge is 0.386 e. The number of aromatic nitrogens is 1. The summed E-state index contributed by atoms with van der Waals surface area (Å²) in [6, 6.07) is 7.61. The molecular weight excluding hydrogens is 308 g/mol. The van der Waals surface area contributed by atoms with Gasteiger partial charge in [0.15, 0.2) is 5.96 Å². The number of nitrogens with zero attached hydrogens (tertiary/aromatic N) is 2. The number of guanidine groups is 1. The average molecular weight is 327 g/mol. The molecule has 2 heterocycles. The number of hydrogen-bond acceptors (Lipinski definition) is 3. The lowest BCUT2D eigenvalue weighted by Gasteiger charge is -2.22. The first kappa shape index (κ1) is 15.9. The number of aliphatic hydroxyl groups is 1. The Kier molecular flexibility index (Phi) is 5.67. The van der Waals surface area contributed by atoms with Gasteiger partial charge in [0.1, 0.15) is 6.10 Å². The molecule has 2 aromatic heterocycles. The lowest BCUT2D eigenvalue weighted by molar-refractivity contribution is 0.183. The van der Waals surface area contributed by atoms with Crippen LogP contribution in [0, 0.1) is 0 Å². The van der Waals surface area contributed by atoms with Crippen LogP contribution in [0.4, 0.5) is 0 Å². The summed E-state index contributed by atoms with van der Waals surface area (Å²) < 4.78 is 0.678. The molecule has 2 rings (SSSR count). The number of halogens is 1. The van der Waals surface area contributed by atoms with E-state index in [0.29, 0.717) is 17.4 Å². The van der Waals surface area contributed by atoms with Gasteiger partial charge in [0, 0.05) is 37.4 Å². The van der Waals surface area contributed by atoms with Crippen LogP contribution in [0.25, 0.3) is 0 Å². The Labute approximate surface area is 133 Å². The van der Waals surface area contributed by atoms with Gasteiger partial charge >= 0.3 is 0 Å². The Morgan fingerprint density at radius 1 is 1.52 bits per heavy atom. The summed E-state index contributed by atoms with van der Waals surface area (Å²) in [6.45, 7) is 1.10. The molecule has 114 valence electrons. The molecule has 0 radical (unpaired) electrons. The predicted octanol–water partition coefficient (Wildman–Crippen LogP) is 2.47. The van der Waals surface area contributed by atoms with Crippen molar-refractivity contribution in [1.82, 2.24) is 15.2 Å². The van der Waals surface area contributed by atoms with Gasteiger partial charge in [-0.15, -0.1) is 11.3 Å². The van der Waals surface area contributed by atoms with E-state index in [9.17, 15) is 5.11 Å². The lowest BCUT2D eigenvalue weighted by atomic mass is 10.3. The van der Waals surface area contributed by atoms with E-state index in [1.165, 1.54) is 11.3 Å². The number of thiophene rings is 1. The van der Waals surface area contributed by atoms with Gasteiger partial charge in [0.25, 0.3) is 0 Å². The zero-order valence-corrected chi connectivity index (χ0v) is 13.6. The van der Waals surface area contributed by atoms with Crippen LogP contribution in [-0.2, 0) is 6.54 Å². The van der Waals surface area contributed by atoms with E-state index < -0.39 is 6.10 Å². The van der Waals surface area contributed by atoms with Gasteiger partial charge in [0.05, 0.1) is 10.9 Å². The topological polar surface area (TPSA) is 63.7 Å². The highest BCUT2D eigenvalue weighted by molar-refractivity contribution is 7.16. The summed E-state index contributed by atoms with van der Waals surface area (Å²) in [5.41, 5.74) is 1.10. The standard InChI is InChI=1S/C14H19ClN4OS/c1-16-14(19(2)9-10-4-3-7-17-10)18-8-11(20)12-5-6-13(15)21-12/h3-7,11,17,20H,8-9H2,1-2H3,(H,16,18). The monoisotopic (exact) mass is 326 g/mol. The molecule has 0 aromatic carbocycles. The zero-order valence-electron chi connectivity index (χ0n) is 12.0. The van der Waals surface area contributed by atoms with Crippen LogP contribution in [0.1, 0.15) is 16.7 Å². The lowest BCUT2D eigenvalue weighted by Crippen LogP contribution is -2.40. The van der Waals surface area contributed by atoms with E-state index in [1.807, 2.05) is 36.3 Å². The van der Waals surface area contributed by atoms with Crippen molar-refractivity contribution >= 4 is 28.9 Å². The molecule has 5 nitrogen and oxygen atoms in total. The fourth-order valence-corrected chi connectivity index (χ4v) is 3.02. The fraction of sp³-hybridized carbons (Fsp3) is 0.357. The van der Waals surface area contributed by atoms with Gasteiger partial charge in [-0.3, -0.25) is 4.99 Å².